The van der Waals surface area contributed by atoms with Crippen LogP contribution in [-0.2, 0) is 18.4 Å². The number of benzene rings is 2. The molecule has 0 radical (unpaired) electrons. The molecule has 1 aliphatic carbocycles. The molecule has 200 valence electrons. The van der Waals surface area contributed by atoms with E-state index in [1.165, 1.54) is 29.5 Å². The summed E-state index contributed by atoms with van der Waals surface area (Å²) in [7, 11) is -1.29. The summed E-state index contributed by atoms with van der Waals surface area (Å²) in [6.07, 6.45) is 12.0. The topological polar surface area (TPSA) is 86.8 Å². The van der Waals surface area contributed by atoms with Gasteiger partial charge in [0.25, 0.3) is 5.91 Å². The number of likely N-dealkylation sites (tertiary alicyclic amines) is 1. The lowest BCUT2D eigenvalue weighted by molar-refractivity contribution is 0.0712. The number of hydrogen-bond acceptors (Lipinski definition) is 4. The number of nitrogens with zero attached hydrogens (tertiary/aromatic N) is 1. The summed E-state index contributed by atoms with van der Waals surface area (Å²) in [5, 5.41) is 19.4. The molecule has 1 aliphatic heterocycles. The third kappa shape index (κ3) is 6.84. The highest BCUT2D eigenvalue weighted by Crippen LogP contribution is 2.44. The Morgan fingerprint density at radius 2 is 1.78 bits per heavy atom. The van der Waals surface area contributed by atoms with Crippen LogP contribution in [0.4, 0.5) is 0 Å². The minimum Gasteiger partial charge on any atom is -0.427 e. The van der Waals surface area contributed by atoms with Gasteiger partial charge >= 0.3 is 7.12 Å². The summed E-state index contributed by atoms with van der Waals surface area (Å²) in [6, 6.07) is 15.0. The van der Waals surface area contributed by atoms with E-state index in [-0.39, 0.29) is 11.3 Å². The van der Waals surface area contributed by atoms with E-state index < -0.39 is 7.12 Å². The monoisotopic (exact) mass is 504 g/mol. The van der Waals surface area contributed by atoms with Crippen molar-refractivity contribution in [2.24, 2.45) is 5.73 Å². The molecule has 2 aromatic carbocycles. The Hall–Kier alpha value is -2.15. The molecule has 6 heteroatoms. The van der Waals surface area contributed by atoms with Crippen LogP contribution in [0.2, 0.25) is 6.32 Å². The van der Waals surface area contributed by atoms with Gasteiger partial charge in [-0.2, -0.15) is 0 Å². The number of piperidine rings is 1. The fraction of sp³-hybridized carbons (Fsp3) is 0.581. The number of aryl methyl sites for hydroxylation is 1. The maximum Gasteiger partial charge on any atom is 0.451 e. The van der Waals surface area contributed by atoms with Crippen molar-refractivity contribution in [1.82, 2.24) is 4.90 Å². The molecular formula is C31H45BN2O3. The summed E-state index contributed by atoms with van der Waals surface area (Å²) in [4.78, 5) is 15.7. The van der Waals surface area contributed by atoms with E-state index in [0.717, 1.165) is 82.0 Å². The normalized spacial score (nSPS) is 18.4. The zero-order valence-electron chi connectivity index (χ0n) is 22.6. The molecular weight excluding hydrogens is 459 g/mol. The predicted octanol–water partition coefficient (Wildman–Crippen LogP) is 5.57. The zero-order chi connectivity index (χ0) is 26.3. The maximum atomic E-state index is 13.7. The van der Waals surface area contributed by atoms with E-state index >= 15 is 0 Å². The number of nitrogens with two attached hydrogens (primary N) is 1. The molecule has 4 N–H and O–H groups in total. The van der Waals surface area contributed by atoms with E-state index in [4.69, 9.17) is 5.73 Å². The van der Waals surface area contributed by atoms with E-state index in [1.807, 2.05) is 11.0 Å². The van der Waals surface area contributed by atoms with Crippen LogP contribution >= 0.6 is 0 Å². The van der Waals surface area contributed by atoms with Crippen molar-refractivity contribution < 1.29 is 14.8 Å². The summed E-state index contributed by atoms with van der Waals surface area (Å²) in [6.45, 7) is 4.29. The van der Waals surface area contributed by atoms with Crippen molar-refractivity contribution in [3.05, 3.63) is 70.3 Å². The maximum absolute atomic E-state index is 13.7. The van der Waals surface area contributed by atoms with E-state index in [2.05, 4.69) is 43.3 Å². The van der Waals surface area contributed by atoms with Gasteiger partial charge in [0.2, 0.25) is 0 Å². The van der Waals surface area contributed by atoms with Gasteiger partial charge in [-0.25, -0.2) is 0 Å². The van der Waals surface area contributed by atoms with E-state index in [9.17, 15) is 14.8 Å². The predicted molar refractivity (Wildman–Crippen MR) is 152 cm³/mol. The number of rotatable bonds is 9. The Kier molecular flexibility index (Phi) is 9.86. The van der Waals surface area contributed by atoms with Crippen molar-refractivity contribution in [3.63, 3.8) is 0 Å². The summed E-state index contributed by atoms with van der Waals surface area (Å²) in [5.41, 5.74) is 11.7. The summed E-state index contributed by atoms with van der Waals surface area (Å²) in [5.74, 6) is 0.599. The van der Waals surface area contributed by atoms with Crippen LogP contribution in [0, 0.1) is 0 Å². The lowest BCUT2D eigenvalue weighted by Gasteiger charge is -2.37. The Labute approximate surface area is 223 Å². The highest BCUT2D eigenvalue weighted by molar-refractivity contribution is 6.40. The smallest absolute Gasteiger partial charge is 0.427 e. The van der Waals surface area contributed by atoms with Crippen LogP contribution in [0.1, 0.15) is 110 Å². The van der Waals surface area contributed by atoms with Gasteiger partial charge in [-0.15, -0.1) is 0 Å². The molecule has 0 bridgehead atoms. The van der Waals surface area contributed by atoms with Crippen LogP contribution in [0.3, 0.4) is 0 Å². The molecule has 5 nitrogen and oxygen atoms in total. The summed E-state index contributed by atoms with van der Waals surface area (Å²) < 4.78 is 0. The first-order valence-electron chi connectivity index (χ1n) is 14.5. The minimum atomic E-state index is -1.29. The highest BCUT2D eigenvalue weighted by atomic mass is 16.4. The molecule has 1 heterocycles. The Morgan fingerprint density at radius 3 is 2.43 bits per heavy atom. The van der Waals surface area contributed by atoms with Gasteiger partial charge in [-0.1, -0.05) is 69.4 Å². The molecule has 37 heavy (non-hydrogen) atoms. The Bertz CT molecular complexity index is 1020. The van der Waals surface area contributed by atoms with Crippen LogP contribution in [-0.4, -0.2) is 41.1 Å². The minimum absolute atomic E-state index is 0.0813. The van der Waals surface area contributed by atoms with Gasteiger partial charge in [0.15, 0.2) is 0 Å². The molecule has 1 saturated carbocycles. The summed E-state index contributed by atoms with van der Waals surface area (Å²) >= 11 is 0. The Morgan fingerprint density at radius 1 is 1.05 bits per heavy atom. The van der Waals surface area contributed by atoms with Crippen molar-refractivity contribution >= 4 is 13.0 Å². The molecule has 0 unspecified atom stereocenters. The second-order valence-corrected chi connectivity index (χ2v) is 11.4. The Balaban J connectivity index is 1.55. The van der Waals surface area contributed by atoms with Gasteiger partial charge in [0, 0.05) is 25.2 Å². The lowest BCUT2D eigenvalue weighted by atomic mass is 9.65. The SMILES string of the molecule is CCCc1ccc(C(=O)N2CCC(c3cccc(CN)c3)CC2)cc1C1(CCB(O)O)CCCCCC1. The molecule has 0 aromatic heterocycles. The largest absolute Gasteiger partial charge is 0.451 e. The first-order chi connectivity index (χ1) is 18.0. The third-order valence-electron chi connectivity index (χ3n) is 8.83. The quantitative estimate of drug-likeness (QED) is 0.308. The van der Waals surface area contributed by atoms with E-state index in [0.29, 0.717) is 18.8 Å². The van der Waals surface area contributed by atoms with Gasteiger partial charge < -0.3 is 20.7 Å². The highest BCUT2D eigenvalue weighted by Gasteiger charge is 2.36. The molecule has 2 aromatic rings. The van der Waals surface area contributed by atoms with Crippen molar-refractivity contribution in [3.8, 4) is 0 Å². The lowest BCUT2D eigenvalue weighted by Crippen LogP contribution is -2.38. The first kappa shape index (κ1) is 27.9. The number of carbonyl (C=O) groups is 1. The van der Waals surface area contributed by atoms with Gasteiger partial charge in [0.05, 0.1) is 0 Å². The van der Waals surface area contributed by atoms with Crippen molar-refractivity contribution in [2.75, 3.05) is 13.1 Å². The molecule has 4 rings (SSSR count). The standard InChI is InChI=1S/C31H45BN2O3/c1-2-8-26-11-12-28(22-29(26)31(17-18-32(36)37)15-5-3-4-6-16-31)30(35)34-19-13-25(14-20-34)27-10-7-9-24(21-27)23-33/h7,9-12,21-22,25,36-37H,2-6,8,13-20,23,33H2,1H3. The average molecular weight is 505 g/mol. The number of hydrogen-bond donors (Lipinski definition) is 3. The average Bonchev–Trinajstić information content (AvgIpc) is 3.18. The second kappa shape index (κ2) is 13.1. The van der Waals surface area contributed by atoms with Crippen LogP contribution < -0.4 is 5.73 Å². The number of amides is 1. The molecule has 2 fully saturated rings. The molecule has 0 spiro atoms. The van der Waals surface area contributed by atoms with Crippen LogP contribution in [0.15, 0.2) is 42.5 Å². The van der Waals surface area contributed by atoms with Crippen LogP contribution in [0.5, 0.6) is 0 Å². The molecule has 2 aliphatic rings. The third-order valence-corrected chi connectivity index (χ3v) is 8.83. The van der Waals surface area contributed by atoms with E-state index in [1.54, 1.807) is 0 Å². The van der Waals surface area contributed by atoms with Gasteiger partial charge in [0.1, 0.15) is 0 Å². The molecule has 1 saturated heterocycles. The van der Waals surface area contributed by atoms with Crippen molar-refractivity contribution in [2.45, 2.75) is 102 Å². The van der Waals surface area contributed by atoms with Gasteiger partial charge in [-0.05, 0) is 90.6 Å². The molecule has 1 amide bonds. The van der Waals surface area contributed by atoms with Gasteiger partial charge in [-0.3, -0.25) is 4.79 Å². The van der Waals surface area contributed by atoms with Crippen LogP contribution in [0.25, 0.3) is 0 Å². The molecule has 0 atom stereocenters. The fourth-order valence-corrected chi connectivity index (χ4v) is 6.73. The van der Waals surface area contributed by atoms with Crippen molar-refractivity contribution in [1.29, 1.82) is 0 Å². The number of carbonyl (C=O) groups excluding carboxylic acids is 1. The first-order valence-corrected chi connectivity index (χ1v) is 14.5. The second-order valence-electron chi connectivity index (χ2n) is 11.4. The zero-order valence-corrected chi connectivity index (χ0v) is 22.6. The fourth-order valence-electron chi connectivity index (χ4n) is 6.73.